The highest BCUT2D eigenvalue weighted by molar-refractivity contribution is 6.33. The Kier molecular flexibility index (Phi) is 4.35. The van der Waals surface area contributed by atoms with Crippen molar-refractivity contribution in [1.29, 1.82) is 0 Å². The highest BCUT2D eigenvalue weighted by Gasteiger charge is 2.11. The van der Waals surface area contributed by atoms with E-state index in [2.05, 4.69) is 29.1 Å². The van der Waals surface area contributed by atoms with Crippen molar-refractivity contribution in [2.75, 3.05) is 11.9 Å². The molecule has 0 spiro atoms. The van der Waals surface area contributed by atoms with E-state index >= 15 is 0 Å². The third-order valence-electron chi connectivity index (χ3n) is 3.53. The van der Waals surface area contributed by atoms with E-state index in [0.29, 0.717) is 28.0 Å². The van der Waals surface area contributed by atoms with Crippen molar-refractivity contribution < 1.29 is 5.11 Å². The summed E-state index contributed by atoms with van der Waals surface area (Å²) < 4.78 is 0. The molecule has 3 rings (SSSR count). The predicted octanol–water partition coefficient (Wildman–Crippen LogP) is 4.72. The molecular formula is C18H18ClN3O. The topological polar surface area (TPSA) is 58.0 Å². The number of fused-ring (bicyclic) bond motifs is 1. The molecule has 0 saturated heterocycles. The van der Waals surface area contributed by atoms with Crippen molar-refractivity contribution >= 4 is 28.5 Å². The zero-order valence-corrected chi connectivity index (χ0v) is 13.8. The van der Waals surface area contributed by atoms with Crippen LogP contribution in [0.15, 0.2) is 42.6 Å². The number of halogens is 1. The molecule has 5 heteroatoms. The van der Waals surface area contributed by atoms with Crippen LogP contribution in [0, 0.1) is 5.92 Å². The number of nitrogens with one attached hydrogen (secondary N) is 1. The van der Waals surface area contributed by atoms with E-state index in [1.807, 2.05) is 24.3 Å². The molecular weight excluding hydrogens is 310 g/mol. The van der Waals surface area contributed by atoms with Gasteiger partial charge in [-0.25, -0.2) is 9.97 Å². The van der Waals surface area contributed by atoms with E-state index in [1.54, 1.807) is 18.3 Å². The van der Waals surface area contributed by atoms with Crippen LogP contribution in [0.3, 0.4) is 0 Å². The van der Waals surface area contributed by atoms with E-state index in [4.69, 9.17) is 11.6 Å². The third kappa shape index (κ3) is 3.37. The zero-order valence-electron chi connectivity index (χ0n) is 13.0. The monoisotopic (exact) mass is 327 g/mol. The molecule has 3 aromatic rings. The quantitative estimate of drug-likeness (QED) is 0.727. The molecule has 0 aliphatic carbocycles. The second-order valence-electron chi connectivity index (χ2n) is 5.88. The molecule has 4 nitrogen and oxygen atoms in total. The summed E-state index contributed by atoms with van der Waals surface area (Å²) in [5.41, 5.74) is 2.16. The fourth-order valence-corrected chi connectivity index (χ4v) is 2.58. The van der Waals surface area contributed by atoms with Gasteiger partial charge in [-0.2, -0.15) is 0 Å². The van der Waals surface area contributed by atoms with Crippen LogP contribution in [0.4, 0.5) is 5.95 Å². The van der Waals surface area contributed by atoms with Crippen LogP contribution in [0.2, 0.25) is 5.02 Å². The van der Waals surface area contributed by atoms with Gasteiger partial charge in [-0.05, 0) is 18.1 Å². The summed E-state index contributed by atoms with van der Waals surface area (Å²) in [7, 11) is 0. The fourth-order valence-electron chi connectivity index (χ4n) is 2.34. The highest BCUT2D eigenvalue weighted by Crippen LogP contribution is 2.36. The van der Waals surface area contributed by atoms with E-state index in [-0.39, 0.29) is 5.75 Å². The Morgan fingerprint density at radius 1 is 1.17 bits per heavy atom. The van der Waals surface area contributed by atoms with Gasteiger partial charge < -0.3 is 10.4 Å². The van der Waals surface area contributed by atoms with E-state index in [9.17, 15) is 5.11 Å². The van der Waals surface area contributed by atoms with Gasteiger partial charge in [-0.1, -0.05) is 43.6 Å². The first-order valence-corrected chi connectivity index (χ1v) is 7.91. The molecule has 0 amide bonds. The largest absolute Gasteiger partial charge is 0.507 e. The normalized spacial score (nSPS) is 11.1. The zero-order chi connectivity index (χ0) is 16.4. The average Bonchev–Trinajstić information content (AvgIpc) is 2.53. The molecule has 1 heterocycles. The van der Waals surface area contributed by atoms with Gasteiger partial charge in [0.05, 0.1) is 5.52 Å². The number of anilines is 1. The van der Waals surface area contributed by atoms with Crippen molar-refractivity contribution in [2.45, 2.75) is 13.8 Å². The Balaban J connectivity index is 2.02. The number of rotatable bonds is 4. The number of aromatic hydroxyl groups is 1. The molecule has 2 aromatic carbocycles. The summed E-state index contributed by atoms with van der Waals surface area (Å²) in [4.78, 5) is 8.78. The molecule has 0 aliphatic heterocycles. The SMILES string of the molecule is CC(C)CNc1ncc2cc(-c3ccccc3Cl)c(O)cc2n1. The molecule has 0 bridgehead atoms. The van der Waals surface area contributed by atoms with Crippen LogP contribution >= 0.6 is 11.6 Å². The first-order chi connectivity index (χ1) is 11.0. The lowest BCUT2D eigenvalue weighted by Gasteiger charge is -2.10. The maximum Gasteiger partial charge on any atom is 0.223 e. The standard InChI is InChI=1S/C18H18ClN3O/c1-11(2)9-20-18-21-10-12-7-14(17(23)8-16(12)22-18)13-5-3-4-6-15(13)19/h3-8,10-11,23H,9H2,1-2H3,(H,20,21,22). The van der Waals surface area contributed by atoms with Gasteiger partial charge in [0.1, 0.15) is 5.75 Å². The van der Waals surface area contributed by atoms with E-state index in [1.165, 1.54) is 0 Å². The van der Waals surface area contributed by atoms with E-state index in [0.717, 1.165) is 17.5 Å². The summed E-state index contributed by atoms with van der Waals surface area (Å²) >= 11 is 6.23. The van der Waals surface area contributed by atoms with Gasteiger partial charge in [0.15, 0.2) is 0 Å². The Labute approximate surface area is 140 Å². The minimum atomic E-state index is 0.152. The lowest BCUT2D eigenvalue weighted by atomic mass is 10.0. The number of benzene rings is 2. The molecule has 0 radical (unpaired) electrons. The third-order valence-corrected chi connectivity index (χ3v) is 3.86. The fraction of sp³-hybridized carbons (Fsp3) is 0.222. The summed E-state index contributed by atoms with van der Waals surface area (Å²) in [6, 6.07) is 10.9. The molecule has 2 N–H and O–H groups in total. The van der Waals surface area contributed by atoms with Gasteiger partial charge in [0, 0.05) is 40.3 Å². The maximum absolute atomic E-state index is 10.4. The molecule has 0 fully saturated rings. The summed E-state index contributed by atoms with van der Waals surface area (Å²) in [6.07, 6.45) is 1.75. The molecule has 0 aliphatic rings. The number of aromatic nitrogens is 2. The molecule has 118 valence electrons. The number of phenolic OH excluding ortho intramolecular Hbond substituents is 1. The van der Waals surface area contributed by atoms with Gasteiger partial charge in [-0.15, -0.1) is 0 Å². The highest BCUT2D eigenvalue weighted by atomic mass is 35.5. The summed E-state index contributed by atoms with van der Waals surface area (Å²) in [5, 5.41) is 15.0. The van der Waals surface area contributed by atoms with Crippen LogP contribution in [-0.2, 0) is 0 Å². The Bertz CT molecular complexity index is 849. The van der Waals surface area contributed by atoms with E-state index < -0.39 is 0 Å². The predicted molar refractivity (Wildman–Crippen MR) is 95.0 cm³/mol. The van der Waals surface area contributed by atoms with Crippen molar-refractivity contribution in [3.63, 3.8) is 0 Å². The molecule has 1 aromatic heterocycles. The van der Waals surface area contributed by atoms with Crippen molar-refractivity contribution in [2.24, 2.45) is 5.92 Å². The van der Waals surface area contributed by atoms with Crippen LogP contribution in [0.25, 0.3) is 22.0 Å². The maximum atomic E-state index is 10.4. The lowest BCUT2D eigenvalue weighted by molar-refractivity contribution is 0.478. The molecule has 0 atom stereocenters. The van der Waals surface area contributed by atoms with Crippen LogP contribution in [0.5, 0.6) is 5.75 Å². The molecule has 23 heavy (non-hydrogen) atoms. The smallest absolute Gasteiger partial charge is 0.223 e. The summed E-state index contributed by atoms with van der Waals surface area (Å²) in [6.45, 7) is 5.04. The second-order valence-corrected chi connectivity index (χ2v) is 6.28. The molecule has 0 saturated carbocycles. The average molecular weight is 328 g/mol. The second kappa shape index (κ2) is 6.42. The first kappa shape index (κ1) is 15.6. The number of hydrogen-bond acceptors (Lipinski definition) is 4. The van der Waals surface area contributed by atoms with Gasteiger partial charge >= 0.3 is 0 Å². The number of phenols is 1. The Morgan fingerprint density at radius 2 is 1.96 bits per heavy atom. The summed E-state index contributed by atoms with van der Waals surface area (Å²) in [5.74, 6) is 1.22. The number of nitrogens with zero attached hydrogens (tertiary/aromatic N) is 2. The molecule has 0 unspecified atom stereocenters. The Morgan fingerprint density at radius 3 is 2.70 bits per heavy atom. The van der Waals surface area contributed by atoms with Crippen molar-refractivity contribution in [1.82, 2.24) is 9.97 Å². The van der Waals surface area contributed by atoms with Crippen molar-refractivity contribution in [3.8, 4) is 16.9 Å². The van der Waals surface area contributed by atoms with Crippen molar-refractivity contribution in [3.05, 3.63) is 47.6 Å². The van der Waals surface area contributed by atoms with Crippen LogP contribution in [0.1, 0.15) is 13.8 Å². The van der Waals surface area contributed by atoms with Crippen LogP contribution < -0.4 is 5.32 Å². The minimum absolute atomic E-state index is 0.152. The van der Waals surface area contributed by atoms with Gasteiger partial charge in [-0.3, -0.25) is 0 Å². The van der Waals surface area contributed by atoms with Gasteiger partial charge in [0.25, 0.3) is 0 Å². The number of hydrogen-bond donors (Lipinski definition) is 2. The van der Waals surface area contributed by atoms with Gasteiger partial charge in [0.2, 0.25) is 5.95 Å². The lowest BCUT2D eigenvalue weighted by Crippen LogP contribution is -2.10. The minimum Gasteiger partial charge on any atom is -0.507 e. The Hall–Kier alpha value is -2.33. The van der Waals surface area contributed by atoms with Crippen LogP contribution in [-0.4, -0.2) is 21.6 Å². The first-order valence-electron chi connectivity index (χ1n) is 7.53.